The van der Waals surface area contributed by atoms with Crippen molar-refractivity contribution in [3.8, 4) is 5.75 Å². The Balaban J connectivity index is 1.96. The van der Waals surface area contributed by atoms with Crippen LogP contribution in [-0.4, -0.2) is 29.0 Å². The van der Waals surface area contributed by atoms with Gasteiger partial charge in [-0.1, -0.05) is 52.9 Å². The lowest BCUT2D eigenvalue weighted by Gasteiger charge is -2.14. The van der Waals surface area contributed by atoms with Crippen molar-refractivity contribution in [2.45, 2.75) is 24.1 Å². The smallest absolute Gasteiger partial charge is 0.264 e. The molecule has 1 heterocycles. The number of ether oxygens (including phenoxy) is 1. The molecule has 0 atom stereocenters. The zero-order valence-electron chi connectivity index (χ0n) is 12.4. The summed E-state index contributed by atoms with van der Waals surface area (Å²) in [5, 5.41) is 11.0. The Hall–Kier alpha value is -1.12. The largest absolute Gasteiger partial charge is 0.483 e. The van der Waals surface area contributed by atoms with Gasteiger partial charge in [-0.2, -0.15) is 0 Å². The number of nitrogens with zero attached hydrogens (tertiary/aromatic N) is 2. The summed E-state index contributed by atoms with van der Waals surface area (Å²) in [6.07, 6.45) is 1.91. The summed E-state index contributed by atoms with van der Waals surface area (Å²) >= 11 is 6.28. The molecule has 1 aromatic carbocycles. The summed E-state index contributed by atoms with van der Waals surface area (Å²) in [5.41, 5.74) is 1.06. The molecule has 0 aliphatic heterocycles. The molecule has 0 spiro atoms. The summed E-state index contributed by atoms with van der Waals surface area (Å²) < 4.78 is 7.44. The van der Waals surface area contributed by atoms with Crippen molar-refractivity contribution in [3.63, 3.8) is 0 Å². The van der Waals surface area contributed by atoms with Gasteiger partial charge in [-0.15, -0.1) is 10.2 Å². The van der Waals surface area contributed by atoms with Crippen LogP contribution in [-0.2, 0) is 4.79 Å². The van der Waals surface area contributed by atoms with Gasteiger partial charge >= 0.3 is 0 Å². The SMILES string of the molecule is CSc1nnc(NC(=O)COc2ccc(Br)cc2C(C)C)s1. The molecule has 0 bridgehead atoms. The normalized spacial score (nSPS) is 10.8. The highest BCUT2D eigenvalue weighted by Crippen LogP contribution is 2.29. The first kappa shape index (κ1) is 17.2. The fourth-order valence-corrected chi connectivity index (χ4v) is 3.31. The minimum atomic E-state index is -0.249. The summed E-state index contributed by atoms with van der Waals surface area (Å²) in [7, 11) is 0. The zero-order valence-corrected chi connectivity index (χ0v) is 15.6. The molecule has 8 heteroatoms. The molecule has 1 aromatic heterocycles. The van der Waals surface area contributed by atoms with E-state index in [1.165, 1.54) is 23.1 Å². The first-order valence-electron chi connectivity index (χ1n) is 6.59. The van der Waals surface area contributed by atoms with E-state index in [0.29, 0.717) is 11.0 Å². The van der Waals surface area contributed by atoms with Gasteiger partial charge in [-0.3, -0.25) is 10.1 Å². The molecule has 1 N–H and O–H groups in total. The predicted octanol–water partition coefficient (Wildman–Crippen LogP) is 4.16. The molecule has 2 rings (SSSR count). The molecule has 0 aliphatic rings. The Morgan fingerprint density at radius 3 is 2.86 bits per heavy atom. The van der Waals surface area contributed by atoms with Crippen LogP contribution in [0.2, 0.25) is 0 Å². The highest BCUT2D eigenvalue weighted by atomic mass is 79.9. The van der Waals surface area contributed by atoms with E-state index < -0.39 is 0 Å². The molecule has 118 valence electrons. The molecular weight excluding hydrogens is 386 g/mol. The summed E-state index contributed by atoms with van der Waals surface area (Å²) in [5.74, 6) is 0.778. The lowest BCUT2D eigenvalue weighted by Crippen LogP contribution is -2.20. The molecule has 1 amide bonds. The lowest BCUT2D eigenvalue weighted by atomic mass is 10.0. The highest BCUT2D eigenvalue weighted by Gasteiger charge is 2.12. The van der Waals surface area contributed by atoms with Crippen LogP contribution < -0.4 is 10.1 Å². The number of benzene rings is 1. The van der Waals surface area contributed by atoms with Crippen LogP contribution in [0.5, 0.6) is 5.75 Å². The van der Waals surface area contributed by atoms with E-state index in [9.17, 15) is 4.79 Å². The first-order valence-corrected chi connectivity index (χ1v) is 9.42. The van der Waals surface area contributed by atoms with Crippen LogP contribution >= 0.6 is 39.0 Å². The number of hydrogen-bond acceptors (Lipinski definition) is 6. The van der Waals surface area contributed by atoms with Gasteiger partial charge in [0.25, 0.3) is 5.91 Å². The van der Waals surface area contributed by atoms with E-state index in [4.69, 9.17) is 4.74 Å². The summed E-state index contributed by atoms with van der Waals surface area (Å²) in [6.45, 7) is 4.11. The maximum absolute atomic E-state index is 11.9. The maximum Gasteiger partial charge on any atom is 0.264 e. The van der Waals surface area contributed by atoms with Crippen molar-refractivity contribution in [1.82, 2.24) is 10.2 Å². The van der Waals surface area contributed by atoms with E-state index in [1.54, 1.807) is 0 Å². The first-order chi connectivity index (χ1) is 10.5. The Kier molecular flexibility index (Phi) is 6.22. The molecule has 0 unspecified atom stereocenters. The van der Waals surface area contributed by atoms with Crippen LogP contribution in [0.15, 0.2) is 27.0 Å². The Morgan fingerprint density at radius 1 is 1.45 bits per heavy atom. The number of nitrogens with one attached hydrogen (secondary N) is 1. The minimum Gasteiger partial charge on any atom is -0.483 e. The number of carbonyl (C=O) groups excluding carboxylic acids is 1. The topological polar surface area (TPSA) is 64.1 Å². The third kappa shape index (κ3) is 4.69. The van der Waals surface area contributed by atoms with Crippen molar-refractivity contribution in [3.05, 3.63) is 28.2 Å². The second-order valence-corrected chi connectivity index (χ2v) is 7.70. The van der Waals surface area contributed by atoms with E-state index in [1.807, 2.05) is 24.5 Å². The molecule has 0 fully saturated rings. The molecule has 2 aromatic rings. The molecule has 0 saturated carbocycles. The summed E-state index contributed by atoms with van der Waals surface area (Å²) in [6, 6.07) is 5.77. The van der Waals surface area contributed by atoms with Crippen LogP contribution in [0, 0.1) is 0 Å². The van der Waals surface area contributed by atoms with E-state index in [2.05, 4.69) is 45.3 Å². The van der Waals surface area contributed by atoms with Gasteiger partial charge in [-0.05, 0) is 35.9 Å². The van der Waals surface area contributed by atoms with E-state index in [-0.39, 0.29) is 12.5 Å². The fourth-order valence-electron chi connectivity index (χ4n) is 1.74. The van der Waals surface area contributed by atoms with Crippen LogP contribution in [0.4, 0.5) is 5.13 Å². The van der Waals surface area contributed by atoms with Gasteiger partial charge in [0.05, 0.1) is 0 Å². The quantitative estimate of drug-likeness (QED) is 0.581. The maximum atomic E-state index is 11.9. The third-order valence-corrected chi connectivity index (χ3v) is 5.09. The second kappa shape index (κ2) is 7.94. The molecule has 0 saturated heterocycles. The number of halogens is 1. The van der Waals surface area contributed by atoms with Crippen molar-refractivity contribution in [2.75, 3.05) is 18.2 Å². The molecular formula is C14H16BrN3O2S2. The van der Waals surface area contributed by atoms with Gasteiger partial charge in [0.1, 0.15) is 5.75 Å². The number of hydrogen-bond donors (Lipinski definition) is 1. The molecule has 0 aliphatic carbocycles. The van der Waals surface area contributed by atoms with E-state index >= 15 is 0 Å². The van der Waals surface area contributed by atoms with Crippen LogP contribution in [0.1, 0.15) is 25.3 Å². The van der Waals surface area contributed by atoms with Gasteiger partial charge in [-0.25, -0.2) is 0 Å². The van der Waals surface area contributed by atoms with Gasteiger partial charge < -0.3 is 4.74 Å². The second-order valence-electron chi connectivity index (χ2n) is 4.75. The molecule has 5 nitrogen and oxygen atoms in total. The van der Waals surface area contributed by atoms with Crippen molar-refractivity contribution in [1.29, 1.82) is 0 Å². The Labute approximate surface area is 146 Å². The van der Waals surface area contributed by atoms with Crippen molar-refractivity contribution in [2.24, 2.45) is 0 Å². The number of amides is 1. The molecule has 22 heavy (non-hydrogen) atoms. The van der Waals surface area contributed by atoms with Crippen LogP contribution in [0.3, 0.4) is 0 Å². The fraction of sp³-hybridized carbons (Fsp3) is 0.357. The average Bonchev–Trinajstić information content (AvgIpc) is 2.93. The zero-order chi connectivity index (χ0) is 16.1. The van der Waals surface area contributed by atoms with Crippen molar-refractivity contribution < 1.29 is 9.53 Å². The number of rotatable bonds is 6. The van der Waals surface area contributed by atoms with Gasteiger partial charge in [0.15, 0.2) is 10.9 Å². The van der Waals surface area contributed by atoms with Gasteiger partial charge in [0.2, 0.25) is 5.13 Å². The third-order valence-electron chi connectivity index (χ3n) is 2.78. The number of aromatic nitrogens is 2. The number of thioether (sulfide) groups is 1. The van der Waals surface area contributed by atoms with E-state index in [0.717, 1.165) is 20.1 Å². The Bertz CT molecular complexity index is 661. The number of anilines is 1. The van der Waals surface area contributed by atoms with Gasteiger partial charge in [0, 0.05) is 4.47 Å². The molecule has 0 radical (unpaired) electrons. The monoisotopic (exact) mass is 401 g/mol. The summed E-state index contributed by atoms with van der Waals surface area (Å²) in [4.78, 5) is 11.9. The minimum absolute atomic E-state index is 0.0600. The lowest BCUT2D eigenvalue weighted by molar-refractivity contribution is -0.118. The standard InChI is InChI=1S/C14H16BrN3O2S2/c1-8(2)10-6-9(15)4-5-11(10)20-7-12(19)16-13-17-18-14(21-3)22-13/h4-6,8H,7H2,1-3H3,(H,16,17,19). The Morgan fingerprint density at radius 2 is 2.23 bits per heavy atom. The highest BCUT2D eigenvalue weighted by molar-refractivity contribution is 9.10. The predicted molar refractivity (Wildman–Crippen MR) is 94.0 cm³/mol. The van der Waals surface area contributed by atoms with Crippen molar-refractivity contribution >= 4 is 50.1 Å². The van der Waals surface area contributed by atoms with Crippen LogP contribution in [0.25, 0.3) is 0 Å². The number of carbonyl (C=O) groups is 1. The average molecular weight is 402 g/mol.